The van der Waals surface area contributed by atoms with E-state index in [0.29, 0.717) is 12.3 Å². The quantitative estimate of drug-likeness (QED) is 0.936. The van der Waals surface area contributed by atoms with Crippen molar-refractivity contribution in [2.24, 2.45) is 0 Å². The minimum Gasteiger partial charge on any atom is -0.494 e. The molecule has 1 N–H and O–H groups in total. The van der Waals surface area contributed by atoms with Crippen LogP contribution in [0.15, 0.2) is 29.6 Å². The Morgan fingerprint density at radius 3 is 2.91 bits per heavy atom. The largest absolute Gasteiger partial charge is 0.494 e. The molecule has 0 bridgehead atoms. The summed E-state index contributed by atoms with van der Waals surface area (Å²) in [6, 6.07) is 8.02. The molecular formula is C17H21N3O2S. The lowest BCUT2D eigenvalue weighted by Gasteiger charge is -2.33. The zero-order valence-electron chi connectivity index (χ0n) is 13.4. The molecule has 0 saturated carbocycles. The smallest absolute Gasteiger partial charge is 0.273 e. The first-order chi connectivity index (χ1) is 11.2. The summed E-state index contributed by atoms with van der Waals surface area (Å²) < 4.78 is 5.45. The lowest BCUT2D eigenvalue weighted by atomic mass is 10.2. The highest BCUT2D eigenvalue weighted by Gasteiger charge is 2.25. The van der Waals surface area contributed by atoms with Crippen LogP contribution in [0.1, 0.15) is 24.3 Å². The molecule has 2 heterocycles. The van der Waals surface area contributed by atoms with Crippen molar-refractivity contribution in [3.05, 3.63) is 35.3 Å². The highest BCUT2D eigenvalue weighted by Crippen LogP contribution is 2.26. The average molecular weight is 331 g/mol. The van der Waals surface area contributed by atoms with Gasteiger partial charge in [-0.25, -0.2) is 4.98 Å². The highest BCUT2D eigenvalue weighted by molar-refractivity contribution is 7.13. The summed E-state index contributed by atoms with van der Waals surface area (Å²) in [5.41, 5.74) is 1.54. The van der Waals surface area contributed by atoms with Gasteiger partial charge in [0.1, 0.15) is 16.5 Å². The number of carbonyl (C=O) groups excluding carboxylic acids is 1. The molecule has 0 spiro atoms. The van der Waals surface area contributed by atoms with Crippen LogP contribution in [-0.2, 0) is 0 Å². The summed E-state index contributed by atoms with van der Waals surface area (Å²) in [7, 11) is 0. The van der Waals surface area contributed by atoms with Gasteiger partial charge in [-0.15, -0.1) is 11.3 Å². The summed E-state index contributed by atoms with van der Waals surface area (Å²) in [5.74, 6) is 0.867. The molecule has 1 aliphatic rings. The molecule has 23 heavy (non-hydrogen) atoms. The molecule has 1 atom stereocenters. The Labute approximate surface area is 140 Å². The molecular weight excluding hydrogens is 310 g/mol. The molecule has 1 aromatic carbocycles. The Kier molecular flexibility index (Phi) is 4.93. The van der Waals surface area contributed by atoms with Crippen molar-refractivity contribution < 1.29 is 9.53 Å². The number of aromatic nitrogens is 1. The maximum atomic E-state index is 12.6. The third-order valence-electron chi connectivity index (χ3n) is 3.90. The molecule has 5 nitrogen and oxygen atoms in total. The van der Waals surface area contributed by atoms with Gasteiger partial charge in [-0.2, -0.15) is 0 Å². The van der Waals surface area contributed by atoms with E-state index in [1.807, 2.05) is 41.5 Å². The van der Waals surface area contributed by atoms with Crippen molar-refractivity contribution in [2.75, 3.05) is 26.2 Å². The van der Waals surface area contributed by atoms with Crippen LogP contribution in [0.2, 0.25) is 0 Å². The lowest BCUT2D eigenvalue weighted by molar-refractivity contribution is 0.0650. The van der Waals surface area contributed by atoms with Crippen molar-refractivity contribution in [2.45, 2.75) is 19.9 Å². The molecule has 3 rings (SSSR count). The van der Waals surface area contributed by atoms with Gasteiger partial charge in [0.2, 0.25) is 0 Å². The first-order valence-electron chi connectivity index (χ1n) is 7.89. The number of rotatable bonds is 4. The predicted octanol–water partition coefficient (Wildman–Crippen LogP) is 2.64. The van der Waals surface area contributed by atoms with E-state index in [0.717, 1.165) is 36.0 Å². The Hall–Kier alpha value is -1.92. The molecule has 122 valence electrons. The van der Waals surface area contributed by atoms with Crippen LogP contribution in [0.25, 0.3) is 10.6 Å². The molecule has 1 unspecified atom stereocenters. The second-order valence-corrected chi connectivity index (χ2v) is 6.41. The molecule has 1 aromatic heterocycles. The van der Waals surface area contributed by atoms with Crippen LogP contribution in [0.4, 0.5) is 0 Å². The van der Waals surface area contributed by atoms with E-state index in [4.69, 9.17) is 4.74 Å². The van der Waals surface area contributed by atoms with Gasteiger partial charge in [0.25, 0.3) is 5.91 Å². The Bertz CT molecular complexity index is 669. The Morgan fingerprint density at radius 2 is 2.22 bits per heavy atom. The number of nitrogens with one attached hydrogen (secondary N) is 1. The van der Waals surface area contributed by atoms with Gasteiger partial charge in [-0.3, -0.25) is 4.79 Å². The van der Waals surface area contributed by atoms with Gasteiger partial charge in [0.05, 0.1) is 6.61 Å². The number of carbonyl (C=O) groups is 1. The number of amides is 1. The van der Waals surface area contributed by atoms with Gasteiger partial charge in [0, 0.05) is 36.6 Å². The molecule has 2 aromatic rings. The van der Waals surface area contributed by atoms with Crippen LogP contribution < -0.4 is 10.1 Å². The van der Waals surface area contributed by atoms with Gasteiger partial charge < -0.3 is 15.0 Å². The van der Waals surface area contributed by atoms with E-state index in [1.54, 1.807) is 0 Å². The SMILES string of the molecule is CCOc1ccc(-c2nc(C(=O)N3CCNCC3C)cs2)cc1. The van der Waals surface area contributed by atoms with Gasteiger partial charge >= 0.3 is 0 Å². The van der Waals surface area contributed by atoms with Gasteiger partial charge in [-0.1, -0.05) is 0 Å². The minimum atomic E-state index is 0.0208. The standard InChI is InChI=1S/C17H21N3O2S/c1-3-22-14-6-4-13(5-7-14)16-19-15(11-23-16)17(21)20-9-8-18-10-12(20)2/h4-7,11-12,18H,3,8-10H2,1-2H3. The Morgan fingerprint density at radius 1 is 1.43 bits per heavy atom. The number of hydrogen-bond acceptors (Lipinski definition) is 5. The summed E-state index contributed by atoms with van der Waals surface area (Å²) in [6.07, 6.45) is 0. The van der Waals surface area contributed by atoms with Crippen molar-refractivity contribution >= 4 is 17.2 Å². The second-order valence-electron chi connectivity index (χ2n) is 5.55. The van der Waals surface area contributed by atoms with E-state index in [-0.39, 0.29) is 11.9 Å². The summed E-state index contributed by atoms with van der Waals surface area (Å²) in [6.45, 7) is 7.08. The number of piperazine rings is 1. The number of nitrogens with zero attached hydrogens (tertiary/aromatic N) is 2. The topological polar surface area (TPSA) is 54.5 Å². The highest BCUT2D eigenvalue weighted by atomic mass is 32.1. The van der Waals surface area contributed by atoms with Crippen LogP contribution in [0, 0.1) is 0 Å². The third kappa shape index (κ3) is 3.54. The normalized spacial score (nSPS) is 18.0. The summed E-state index contributed by atoms with van der Waals surface area (Å²) in [4.78, 5) is 19.0. The number of benzene rings is 1. The Balaban J connectivity index is 1.75. The lowest BCUT2D eigenvalue weighted by Crippen LogP contribution is -2.52. The summed E-state index contributed by atoms with van der Waals surface area (Å²) in [5, 5.41) is 6.00. The van der Waals surface area contributed by atoms with Crippen LogP contribution in [0.3, 0.4) is 0 Å². The van der Waals surface area contributed by atoms with E-state index < -0.39 is 0 Å². The fourth-order valence-corrected chi connectivity index (χ4v) is 3.45. The van der Waals surface area contributed by atoms with E-state index >= 15 is 0 Å². The monoisotopic (exact) mass is 331 g/mol. The predicted molar refractivity (Wildman–Crippen MR) is 92.1 cm³/mol. The van der Waals surface area contributed by atoms with Crippen molar-refractivity contribution in [3.8, 4) is 16.3 Å². The maximum absolute atomic E-state index is 12.6. The second kappa shape index (κ2) is 7.10. The van der Waals surface area contributed by atoms with Gasteiger partial charge in [0.15, 0.2) is 0 Å². The first kappa shape index (κ1) is 16.0. The first-order valence-corrected chi connectivity index (χ1v) is 8.77. The fraction of sp³-hybridized carbons (Fsp3) is 0.412. The zero-order chi connectivity index (χ0) is 16.2. The summed E-state index contributed by atoms with van der Waals surface area (Å²) >= 11 is 1.50. The zero-order valence-corrected chi connectivity index (χ0v) is 14.2. The molecule has 0 aliphatic carbocycles. The molecule has 1 fully saturated rings. The molecule has 0 radical (unpaired) electrons. The molecule has 1 amide bonds. The van der Waals surface area contributed by atoms with Gasteiger partial charge in [-0.05, 0) is 38.1 Å². The molecule has 6 heteroatoms. The number of hydrogen-bond donors (Lipinski definition) is 1. The van der Waals surface area contributed by atoms with Crippen molar-refractivity contribution in [3.63, 3.8) is 0 Å². The van der Waals surface area contributed by atoms with Crippen molar-refractivity contribution in [1.82, 2.24) is 15.2 Å². The maximum Gasteiger partial charge on any atom is 0.273 e. The number of ether oxygens (including phenoxy) is 1. The minimum absolute atomic E-state index is 0.0208. The van der Waals surface area contributed by atoms with Crippen molar-refractivity contribution in [1.29, 1.82) is 0 Å². The number of thiazole rings is 1. The molecule has 1 aliphatic heterocycles. The van der Waals surface area contributed by atoms with Crippen LogP contribution in [0.5, 0.6) is 5.75 Å². The van der Waals surface area contributed by atoms with Crippen LogP contribution in [-0.4, -0.2) is 48.1 Å². The third-order valence-corrected chi connectivity index (χ3v) is 4.79. The van der Waals surface area contributed by atoms with E-state index in [9.17, 15) is 4.79 Å². The van der Waals surface area contributed by atoms with E-state index in [2.05, 4.69) is 17.2 Å². The van der Waals surface area contributed by atoms with E-state index in [1.165, 1.54) is 11.3 Å². The van der Waals surface area contributed by atoms with Crippen LogP contribution >= 0.6 is 11.3 Å². The fourth-order valence-electron chi connectivity index (χ4n) is 2.65. The molecule has 1 saturated heterocycles. The average Bonchev–Trinajstić information content (AvgIpc) is 3.06.